The molecule has 0 radical (unpaired) electrons. The second-order valence-electron chi connectivity index (χ2n) is 7.63. The summed E-state index contributed by atoms with van der Waals surface area (Å²) >= 11 is 0. The molecule has 8 heteroatoms. The van der Waals surface area contributed by atoms with Crippen LogP contribution in [0.5, 0.6) is 5.75 Å². The predicted molar refractivity (Wildman–Crippen MR) is 112 cm³/mol. The number of pyridine rings is 1. The van der Waals surface area contributed by atoms with E-state index in [9.17, 15) is 8.42 Å². The molecule has 1 N–H and O–H groups in total. The van der Waals surface area contributed by atoms with Gasteiger partial charge < -0.3 is 15.0 Å². The second-order valence-corrected chi connectivity index (χ2v) is 9.49. The number of anilines is 2. The number of nitrogens with one attached hydrogen (secondary N) is 1. The summed E-state index contributed by atoms with van der Waals surface area (Å²) in [4.78, 5) is 6.87. The third-order valence-electron chi connectivity index (χ3n) is 5.92. The molecule has 29 heavy (non-hydrogen) atoms. The van der Waals surface area contributed by atoms with Crippen molar-refractivity contribution in [2.75, 3.05) is 49.0 Å². The van der Waals surface area contributed by atoms with Crippen molar-refractivity contribution in [3.05, 3.63) is 53.9 Å². The minimum Gasteiger partial charge on any atom is -0.490 e. The van der Waals surface area contributed by atoms with E-state index in [1.165, 1.54) is 9.88 Å². The smallest absolute Gasteiger partial charge is 0.264 e. The summed E-state index contributed by atoms with van der Waals surface area (Å²) in [6, 6.07) is 8.77. The van der Waals surface area contributed by atoms with Gasteiger partial charge in [-0.3, -0.25) is 9.29 Å². The molecule has 0 bridgehead atoms. The Morgan fingerprint density at radius 1 is 1.24 bits per heavy atom. The van der Waals surface area contributed by atoms with Gasteiger partial charge in [-0.1, -0.05) is 11.6 Å². The number of hydrogen-bond acceptors (Lipinski definition) is 6. The first-order valence-electron chi connectivity index (χ1n) is 9.91. The van der Waals surface area contributed by atoms with Crippen LogP contribution in [-0.4, -0.2) is 53.2 Å². The number of aromatic nitrogens is 1. The van der Waals surface area contributed by atoms with Crippen molar-refractivity contribution in [2.24, 2.45) is 0 Å². The number of ether oxygens (including phenoxy) is 1. The zero-order chi connectivity index (χ0) is 20.0. The predicted octanol–water partition coefficient (Wildman–Crippen LogP) is 2.12. The van der Waals surface area contributed by atoms with Crippen molar-refractivity contribution in [2.45, 2.75) is 17.2 Å². The molecule has 152 valence electrons. The summed E-state index contributed by atoms with van der Waals surface area (Å²) in [6.07, 6.45) is 4.83. The number of rotatable bonds is 3. The van der Waals surface area contributed by atoms with Crippen LogP contribution in [0, 0.1) is 0 Å². The third-order valence-corrected chi connectivity index (χ3v) is 7.70. The largest absolute Gasteiger partial charge is 0.490 e. The molecule has 4 heterocycles. The van der Waals surface area contributed by atoms with Crippen LogP contribution in [0.3, 0.4) is 0 Å². The van der Waals surface area contributed by atoms with Gasteiger partial charge in [-0.25, -0.2) is 8.42 Å². The molecule has 5 rings (SSSR count). The summed E-state index contributed by atoms with van der Waals surface area (Å²) in [6.45, 7) is 3.46. The van der Waals surface area contributed by atoms with Crippen LogP contribution in [0.4, 0.5) is 11.4 Å². The monoisotopic (exact) mass is 412 g/mol. The van der Waals surface area contributed by atoms with Crippen LogP contribution >= 0.6 is 0 Å². The van der Waals surface area contributed by atoms with Crippen LogP contribution in [0.15, 0.2) is 53.1 Å². The van der Waals surface area contributed by atoms with Crippen LogP contribution in [-0.2, 0) is 10.0 Å². The molecule has 0 saturated carbocycles. The zero-order valence-corrected chi connectivity index (χ0v) is 17.2. The van der Waals surface area contributed by atoms with Gasteiger partial charge in [-0.2, -0.15) is 0 Å². The van der Waals surface area contributed by atoms with Crippen LogP contribution in [0.1, 0.15) is 18.0 Å². The summed E-state index contributed by atoms with van der Waals surface area (Å²) in [5, 5.41) is 3.32. The van der Waals surface area contributed by atoms with E-state index in [1.54, 1.807) is 30.5 Å². The van der Waals surface area contributed by atoms with E-state index in [0.29, 0.717) is 18.8 Å². The van der Waals surface area contributed by atoms with Crippen molar-refractivity contribution in [1.29, 1.82) is 0 Å². The first-order valence-corrected chi connectivity index (χ1v) is 11.3. The third kappa shape index (κ3) is 3.07. The van der Waals surface area contributed by atoms with E-state index in [2.05, 4.69) is 16.4 Å². The van der Waals surface area contributed by atoms with E-state index in [0.717, 1.165) is 43.2 Å². The molecule has 1 aromatic heterocycles. The van der Waals surface area contributed by atoms with Crippen molar-refractivity contribution < 1.29 is 13.2 Å². The highest BCUT2D eigenvalue weighted by molar-refractivity contribution is 7.92. The normalized spacial score (nSPS) is 21.3. The maximum absolute atomic E-state index is 13.6. The Balaban J connectivity index is 1.55. The standard InChI is InChI=1S/C21H24N4O3S/c1-24-11-12-28-20-5-4-16(13-19(20)24)29(26,27)25-14-17(15-6-9-22-10-7-15)21-18(25)3-2-8-23-21/h2-6,8,13,17,22H,7,9-12,14H2,1H3. The Morgan fingerprint density at radius 3 is 2.97 bits per heavy atom. The minimum atomic E-state index is -3.71. The van der Waals surface area contributed by atoms with Gasteiger partial charge in [0.25, 0.3) is 10.0 Å². The summed E-state index contributed by atoms with van der Waals surface area (Å²) in [5.41, 5.74) is 3.60. The van der Waals surface area contributed by atoms with Crippen LogP contribution in [0.25, 0.3) is 0 Å². The fraction of sp³-hybridized carbons (Fsp3) is 0.381. The maximum atomic E-state index is 13.6. The Morgan fingerprint density at radius 2 is 2.14 bits per heavy atom. The Labute approximate surface area is 171 Å². The Bertz CT molecular complexity index is 1080. The number of likely N-dealkylation sites (N-methyl/N-ethyl adjacent to an activating group) is 1. The Hall–Kier alpha value is -2.58. The molecule has 7 nitrogen and oxygen atoms in total. The summed E-state index contributed by atoms with van der Waals surface area (Å²) < 4.78 is 34.4. The SMILES string of the molecule is CN1CCOc2ccc(S(=O)(=O)N3CC(C4=CCNCC4)c4ncccc43)cc21. The average molecular weight is 413 g/mol. The quantitative estimate of drug-likeness (QED) is 0.779. The lowest BCUT2D eigenvalue weighted by atomic mass is 9.92. The second kappa shape index (κ2) is 7.03. The zero-order valence-electron chi connectivity index (χ0n) is 16.3. The van der Waals surface area contributed by atoms with Crippen molar-refractivity contribution in [1.82, 2.24) is 10.3 Å². The molecule has 1 aromatic carbocycles. The van der Waals surface area contributed by atoms with E-state index >= 15 is 0 Å². The highest BCUT2D eigenvalue weighted by Crippen LogP contribution is 2.43. The van der Waals surface area contributed by atoms with Gasteiger partial charge in [-0.15, -0.1) is 0 Å². The fourth-order valence-corrected chi connectivity index (χ4v) is 5.85. The Kier molecular flexibility index (Phi) is 4.48. The van der Waals surface area contributed by atoms with Crippen LogP contribution < -0.4 is 19.3 Å². The van der Waals surface area contributed by atoms with Gasteiger partial charge in [0.15, 0.2) is 0 Å². The van der Waals surface area contributed by atoms with E-state index in [4.69, 9.17) is 4.74 Å². The van der Waals surface area contributed by atoms with E-state index in [-0.39, 0.29) is 10.8 Å². The van der Waals surface area contributed by atoms with Crippen molar-refractivity contribution in [3.8, 4) is 5.75 Å². The lowest BCUT2D eigenvalue weighted by molar-refractivity contribution is 0.311. The molecular formula is C21H24N4O3S. The molecule has 1 atom stereocenters. The van der Waals surface area contributed by atoms with Crippen LogP contribution in [0.2, 0.25) is 0 Å². The number of sulfonamides is 1. The molecule has 0 saturated heterocycles. The molecule has 3 aliphatic rings. The number of hydrogen-bond donors (Lipinski definition) is 1. The molecule has 0 aliphatic carbocycles. The summed E-state index contributed by atoms with van der Waals surface area (Å²) in [5.74, 6) is 0.727. The highest BCUT2D eigenvalue weighted by Gasteiger charge is 2.39. The molecule has 2 aromatic rings. The number of fused-ring (bicyclic) bond motifs is 2. The first-order chi connectivity index (χ1) is 14.1. The number of benzene rings is 1. The molecule has 0 spiro atoms. The lowest BCUT2D eigenvalue weighted by Gasteiger charge is -2.28. The molecule has 3 aliphatic heterocycles. The van der Waals surface area contributed by atoms with Crippen molar-refractivity contribution >= 4 is 21.4 Å². The van der Waals surface area contributed by atoms with Gasteiger partial charge >= 0.3 is 0 Å². The maximum Gasteiger partial charge on any atom is 0.264 e. The highest BCUT2D eigenvalue weighted by atomic mass is 32.2. The van der Waals surface area contributed by atoms with Gasteiger partial charge in [0, 0.05) is 32.3 Å². The van der Waals surface area contributed by atoms with Gasteiger partial charge in [0.1, 0.15) is 12.4 Å². The van der Waals surface area contributed by atoms with Gasteiger partial charge in [0.05, 0.1) is 28.5 Å². The topological polar surface area (TPSA) is 74.8 Å². The molecule has 0 amide bonds. The summed E-state index contributed by atoms with van der Waals surface area (Å²) in [7, 11) is -1.76. The first kappa shape index (κ1) is 18.4. The van der Waals surface area contributed by atoms with E-state index < -0.39 is 10.0 Å². The molecule has 0 fully saturated rings. The van der Waals surface area contributed by atoms with E-state index in [1.807, 2.05) is 18.0 Å². The minimum absolute atomic E-state index is 0.00621. The number of nitrogens with zero attached hydrogens (tertiary/aromatic N) is 3. The average Bonchev–Trinajstić information content (AvgIpc) is 3.15. The van der Waals surface area contributed by atoms with Gasteiger partial charge in [0.2, 0.25) is 0 Å². The lowest BCUT2D eigenvalue weighted by Crippen LogP contribution is -2.32. The molecule has 1 unspecified atom stereocenters. The van der Waals surface area contributed by atoms with Gasteiger partial charge in [-0.05, 0) is 43.3 Å². The fourth-order valence-electron chi connectivity index (χ4n) is 4.33. The van der Waals surface area contributed by atoms with Crippen molar-refractivity contribution in [3.63, 3.8) is 0 Å². The molecular weight excluding hydrogens is 388 g/mol.